The monoisotopic (exact) mass is 820 g/mol. The van der Waals surface area contributed by atoms with Crippen molar-refractivity contribution in [1.29, 1.82) is 0 Å². The lowest BCUT2D eigenvalue weighted by molar-refractivity contribution is 1.07. The molecule has 12 aromatic rings. The molecule has 5 heteroatoms. The molecule has 0 spiro atoms. The Labute approximate surface area is 368 Å². The van der Waals surface area contributed by atoms with E-state index in [0.29, 0.717) is 17.5 Å². The van der Waals surface area contributed by atoms with Crippen LogP contribution in [-0.2, 0) is 0 Å². The van der Waals surface area contributed by atoms with E-state index >= 15 is 0 Å². The molecule has 0 atom stereocenters. The van der Waals surface area contributed by atoms with Gasteiger partial charge < -0.3 is 0 Å². The summed E-state index contributed by atoms with van der Waals surface area (Å²) in [7, 11) is 0. The highest BCUT2D eigenvalue weighted by Crippen LogP contribution is 2.43. The smallest absolute Gasteiger partial charge is 0.164 e. The predicted octanol–water partition coefficient (Wildman–Crippen LogP) is 15.6. The first-order valence-electron chi connectivity index (χ1n) is 21.1. The summed E-state index contributed by atoms with van der Waals surface area (Å²) in [5.41, 5.74) is 12.3. The molecule has 0 bridgehead atoms. The molecule has 0 N–H and O–H groups in total. The van der Waals surface area contributed by atoms with Crippen molar-refractivity contribution in [3.63, 3.8) is 0 Å². The molecule has 0 amide bonds. The van der Waals surface area contributed by atoms with Gasteiger partial charge in [-0.3, -0.25) is 0 Å². The molecule has 3 heterocycles. The van der Waals surface area contributed by atoms with Gasteiger partial charge in [0.25, 0.3) is 0 Å². The summed E-state index contributed by atoms with van der Waals surface area (Å²) in [4.78, 5) is 21.1. The Kier molecular flexibility index (Phi) is 8.98. The minimum absolute atomic E-state index is 0.590. The van der Waals surface area contributed by atoms with Crippen molar-refractivity contribution in [3.8, 4) is 78.8 Å². The summed E-state index contributed by atoms with van der Waals surface area (Å²) >= 11 is 1.83. The molecule has 0 aliphatic carbocycles. The van der Waals surface area contributed by atoms with Gasteiger partial charge in [0.05, 0.1) is 11.2 Å². The fourth-order valence-corrected chi connectivity index (χ4v) is 10.1. The Morgan fingerprint density at radius 2 is 0.841 bits per heavy atom. The molecule has 12 rings (SSSR count). The third-order valence-electron chi connectivity index (χ3n) is 11.9. The summed E-state index contributed by atoms with van der Waals surface area (Å²) in [6.07, 6.45) is 0. The van der Waals surface area contributed by atoms with Gasteiger partial charge in [-0.25, -0.2) is 19.9 Å². The van der Waals surface area contributed by atoms with Gasteiger partial charge in [-0.2, -0.15) is 0 Å². The van der Waals surface area contributed by atoms with Crippen LogP contribution in [0.3, 0.4) is 0 Å². The van der Waals surface area contributed by atoms with Gasteiger partial charge in [-0.15, -0.1) is 11.3 Å². The van der Waals surface area contributed by atoms with Gasteiger partial charge in [0.2, 0.25) is 0 Å². The maximum Gasteiger partial charge on any atom is 0.164 e. The van der Waals surface area contributed by atoms with Crippen LogP contribution in [0.25, 0.3) is 121 Å². The molecule has 4 nitrogen and oxygen atoms in total. The summed E-state index contributed by atoms with van der Waals surface area (Å²) in [5.74, 6) is 1.81. The zero-order chi connectivity index (χ0) is 41.7. The van der Waals surface area contributed by atoms with Crippen molar-refractivity contribution in [1.82, 2.24) is 19.9 Å². The third-order valence-corrected chi connectivity index (χ3v) is 13.1. The normalized spacial score (nSPS) is 11.5. The second-order valence-electron chi connectivity index (χ2n) is 15.8. The van der Waals surface area contributed by atoms with E-state index in [9.17, 15) is 0 Å². The first-order chi connectivity index (χ1) is 31.2. The van der Waals surface area contributed by atoms with E-state index in [1.165, 1.54) is 30.9 Å². The highest BCUT2D eigenvalue weighted by molar-refractivity contribution is 7.26. The molecule has 0 aliphatic heterocycles. The Bertz CT molecular complexity index is 3660. The average Bonchev–Trinajstić information content (AvgIpc) is 3.75. The minimum Gasteiger partial charge on any atom is -0.248 e. The maximum atomic E-state index is 5.46. The Hall–Kier alpha value is -8.12. The number of pyridine rings is 1. The van der Waals surface area contributed by atoms with Crippen LogP contribution in [0.15, 0.2) is 218 Å². The molecule has 9 aromatic carbocycles. The summed E-state index contributed by atoms with van der Waals surface area (Å²) in [6, 6.07) is 77.0. The second-order valence-corrected chi connectivity index (χ2v) is 16.8. The van der Waals surface area contributed by atoms with Gasteiger partial charge in [-0.05, 0) is 80.6 Å². The molecule has 0 fully saturated rings. The van der Waals surface area contributed by atoms with E-state index in [2.05, 4.69) is 194 Å². The Morgan fingerprint density at radius 3 is 1.59 bits per heavy atom. The number of hydrogen-bond donors (Lipinski definition) is 0. The molecule has 0 radical (unpaired) electrons. The highest BCUT2D eigenvalue weighted by atomic mass is 32.1. The molecule has 0 unspecified atom stereocenters. The maximum absolute atomic E-state index is 5.46. The zero-order valence-electron chi connectivity index (χ0n) is 34.0. The van der Waals surface area contributed by atoms with Crippen LogP contribution in [-0.4, -0.2) is 19.9 Å². The number of nitrogens with zero attached hydrogens (tertiary/aromatic N) is 4. The van der Waals surface area contributed by atoms with Crippen molar-refractivity contribution in [2.75, 3.05) is 0 Å². The fraction of sp³-hybridized carbons (Fsp3) is 0. The van der Waals surface area contributed by atoms with Crippen LogP contribution in [0.2, 0.25) is 0 Å². The van der Waals surface area contributed by atoms with Crippen LogP contribution in [0.5, 0.6) is 0 Å². The first kappa shape index (κ1) is 36.7. The van der Waals surface area contributed by atoms with Gasteiger partial charge in [0.1, 0.15) is 0 Å². The minimum atomic E-state index is 0.590. The van der Waals surface area contributed by atoms with Crippen molar-refractivity contribution >= 4 is 53.2 Å². The largest absolute Gasteiger partial charge is 0.248 e. The zero-order valence-corrected chi connectivity index (χ0v) is 34.8. The van der Waals surface area contributed by atoms with Crippen LogP contribution in [0, 0.1) is 0 Å². The number of hydrogen-bond acceptors (Lipinski definition) is 5. The fourth-order valence-electron chi connectivity index (χ4n) is 8.83. The van der Waals surface area contributed by atoms with E-state index in [1.807, 2.05) is 35.6 Å². The quantitative estimate of drug-likeness (QED) is 0.150. The Morgan fingerprint density at radius 1 is 0.302 bits per heavy atom. The lowest BCUT2D eigenvalue weighted by Gasteiger charge is -2.15. The van der Waals surface area contributed by atoms with E-state index in [0.717, 1.165) is 72.2 Å². The molecule has 0 saturated carbocycles. The van der Waals surface area contributed by atoms with Crippen LogP contribution >= 0.6 is 11.3 Å². The number of fused-ring (bicyclic) bond motifs is 6. The van der Waals surface area contributed by atoms with Crippen LogP contribution in [0.1, 0.15) is 0 Å². The molecule has 0 saturated heterocycles. The SMILES string of the molecule is c1ccc(-c2ccc(-c3nc(-c4ccccc4)nc(-c4cc(-c5cc(-c6ccccc6)c6c(ccc7ccccc76)n5)cc(-c5cccc6c5sc5ccccc56)c4)n3)cc2)cc1. The van der Waals surface area contributed by atoms with Crippen molar-refractivity contribution in [2.45, 2.75) is 0 Å². The van der Waals surface area contributed by atoms with Gasteiger partial charge in [0, 0.05) is 47.8 Å². The molecule has 0 aliphatic rings. The first-order valence-corrected chi connectivity index (χ1v) is 21.9. The van der Waals surface area contributed by atoms with E-state index < -0.39 is 0 Å². The lowest BCUT2D eigenvalue weighted by Crippen LogP contribution is -2.01. The van der Waals surface area contributed by atoms with Crippen molar-refractivity contribution in [2.24, 2.45) is 0 Å². The van der Waals surface area contributed by atoms with Crippen molar-refractivity contribution in [3.05, 3.63) is 218 Å². The number of rotatable bonds is 7. The Balaban J connectivity index is 1.11. The van der Waals surface area contributed by atoms with Gasteiger partial charge in [-0.1, -0.05) is 182 Å². The molecule has 294 valence electrons. The van der Waals surface area contributed by atoms with E-state index in [1.54, 1.807) is 0 Å². The second kappa shape index (κ2) is 15.4. The molecule has 3 aromatic heterocycles. The van der Waals surface area contributed by atoms with Crippen LogP contribution in [0.4, 0.5) is 0 Å². The number of benzene rings is 9. The van der Waals surface area contributed by atoms with Gasteiger partial charge >= 0.3 is 0 Å². The lowest BCUT2D eigenvalue weighted by atomic mass is 9.93. The number of thiophene rings is 1. The average molecular weight is 821 g/mol. The van der Waals surface area contributed by atoms with Gasteiger partial charge in [0.15, 0.2) is 17.5 Å². The van der Waals surface area contributed by atoms with Crippen LogP contribution < -0.4 is 0 Å². The molecule has 63 heavy (non-hydrogen) atoms. The standard InChI is InChI=1S/C58H36N4S/c1-4-15-37(16-5-1)38-27-29-42(30-28-38)57-60-56(41-20-8-3-9-21-41)61-58(62-57)45-34-43(47-24-14-25-49-48-23-12-13-26-53(48)63-55(47)49)33-44(35-45)52-36-50(39-17-6-2-7-18-39)54-46-22-11-10-19-40(46)31-32-51(54)59-52/h1-36H. The summed E-state index contributed by atoms with van der Waals surface area (Å²) in [6.45, 7) is 0. The predicted molar refractivity (Wildman–Crippen MR) is 264 cm³/mol. The molecular weight excluding hydrogens is 785 g/mol. The summed E-state index contributed by atoms with van der Waals surface area (Å²) in [5, 5.41) is 6.02. The van der Waals surface area contributed by atoms with E-state index in [-0.39, 0.29) is 0 Å². The molecular formula is C58H36N4S. The van der Waals surface area contributed by atoms with Crippen molar-refractivity contribution < 1.29 is 0 Å². The third kappa shape index (κ3) is 6.72. The topological polar surface area (TPSA) is 51.6 Å². The summed E-state index contributed by atoms with van der Waals surface area (Å²) < 4.78 is 2.50. The highest BCUT2D eigenvalue weighted by Gasteiger charge is 2.19. The number of aromatic nitrogens is 4. The van der Waals surface area contributed by atoms with E-state index in [4.69, 9.17) is 19.9 Å².